The Bertz CT molecular complexity index is 271. The number of carbonyl (C=O) groups excluding carboxylic acids is 1. The van der Waals surface area contributed by atoms with Crippen LogP contribution in [0.25, 0.3) is 0 Å². The lowest BCUT2D eigenvalue weighted by molar-refractivity contribution is 0.111. The highest BCUT2D eigenvalue weighted by Gasteiger charge is 2.03. The molecule has 1 N–H and O–H groups in total. The lowest BCUT2D eigenvalue weighted by atomic mass is 10.2. The average molecular weight is 168 g/mol. The monoisotopic (exact) mass is 168 g/mol. The fourth-order valence-corrected chi connectivity index (χ4v) is 1.42. The Morgan fingerprint density at radius 3 is 2.73 bits per heavy atom. The summed E-state index contributed by atoms with van der Waals surface area (Å²) in [7, 11) is 0. The molecule has 1 aromatic rings. The predicted octanol–water partition coefficient (Wildman–Crippen LogP) is 1.93. The van der Waals surface area contributed by atoms with Crippen LogP contribution < -0.4 is 0 Å². The minimum absolute atomic E-state index is 0.0480. The molecule has 0 aliphatic heterocycles. The van der Waals surface area contributed by atoms with Gasteiger partial charge in [0.1, 0.15) is 5.75 Å². The van der Waals surface area contributed by atoms with Crippen molar-refractivity contribution < 1.29 is 9.90 Å². The van der Waals surface area contributed by atoms with E-state index in [0.29, 0.717) is 11.8 Å². The van der Waals surface area contributed by atoms with E-state index >= 15 is 0 Å². The van der Waals surface area contributed by atoms with Crippen LogP contribution >= 0.6 is 11.8 Å². The third-order valence-corrected chi connectivity index (χ3v) is 2.18. The number of phenols is 1. The van der Waals surface area contributed by atoms with Crippen LogP contribution in [0.4, 0.5) is 0 Å². The molecule has 0 heterocycles. The van der Waals surface area contributed by atoms with E-state index in [1.54, 1.807) is 12.1 Å². The fraction of sp³-hybridized carbons (Fsp3) is 0.125. The zero-order valence-electron chi connectivity index (χ0n) is 6.07. The summed E-state index contributed by atoms with van der Waals surface area (Å²) < 4.78 is 0. The molecule has 0 bridgehead atoms. The third-order valence-electron chi connectivity index (χ3n) is 1.38. The van der Waals surface area contributed by atoms with Crippen molar-refractivity contribution in [1.82, 2.24) is 0 Å². The third kappa shape index (κ3) is 1.54. The van der Waals surface area contributed by atoms with Gasteiger partial charge in [0.2, 0.25) is 0 Å². The average Bonchev–Trinajstić information content (AvgIpc) is 2.04. The van der Waals surface area contributed by atoms with E-state index in [1.165, 1.54) is 17.8 Å². The van der Waals surface area contributed by atoms with Crippen LogP contribution in [0.3, 0.4) is 0 Å². The predicted molar refractivity (Wildman–Crippen MR) is 45.3 cm³/mol. The Labute approximate surface area is 69.2 Å². The van der Waals surface area contributed by atoms with Gasteiger partial charge >= 0.3 is 0 Å². The van der Waals surface area contributed by atoms with E-state index in [4.69, 9.17) is 0 Å². The maximum absolute atomic E-state index is 10.4. The smallest absolute Gasteiger partial charge is 0.154 e. The highest BCUT2D eigenvalue weighted by atomic mass is 32.2. The first kappa shape index (κ1) is 8.14. The number of hydrogen-bond donors (Lipinski definition) is 1. The minimum atomic E-state index is 0.0480. The van der Waals surface area contributed by atoms with Gasteiger partial charge in [-0.1, -0.05) is 6.07 Å². The number of carbonyl (C=O) groups is 1. The van der Waals surface area contributed by atoms with Crippen LogP contribution in [0.15, 0.2) is 23.1 Å². The van der Waals surface area contributed by atoms with Crippen LogP contribution in [-0.2, 0) is 0 Å². The number of phenolic OH excluding ortho intramolecular Hbond substituents is 1. The Hall–Kier alpha value is -0.960. The molecule has 0 amide bonds. The maximum atomic E-state index is 10.4. The van der Waals surface area contributed by atoms with Crippen molar-refractivity contribution in [2.45, 2.75) is 4.90 Å². The minimum Gasteiger partial charge on any atom is -0.507 e. The van der Waals surface area contributed by atoms with Gasteiger partial charge in [0.15, 0.2) is 6.29 Å². The van der Waals surface area contributed by atoms with Crippen LogP contribution in [0, 0.1) is 0 Å². The van der Waals surface area contributed by atoms with Gasteiger partial charge in [0.05, 0.1) is 5.56 Å². The van der Waals surface area contributed by atoms with Gasteiger partial charge in [0, 0.05) is 4.90 Å². The van der Waals surface area contributed by atoms with E-state index < -0.39 is 0 Å². The normalized spacial score (nSPS) is 9.55. The van der Waals surface area contributed by atoms with E-state index in [9.17, 15) is 9.90 Å². The summed E-state index contributed by atoms with van der Waals surface area (Å²) in [4.78, 5) is 11.2. The van der Waals surface area contributed by atoms with Crippen molar-refractivity contribution in [2.75, 3.05) is 6.26 Å². The molecule has 2 nitrogen and oxygen atoms in total. The Morgan fingerprint density at radius 2 is 2.27 bits per heavy atom. The Balaban J connectivity index is 3.24. The SMILES string of the molecule is CSc1cccc(O)c1C=O. The second kappa shape index (κ2) is 3.44. The molecule has 1 rings (SSSR count). The lowest BCUT2D eigenvalue weighted by Crippen LogP contribution is -1.84. The second-order valence-corrected chi connectivity index (χ2v) is 2.86. The van der Waals surface area contributed by atoms with Crippen LogP contribution in [-0.4, -0.2) is 17.6 Å². The van der Waals surface area contributed by atoms with Crippen LogP contribution in [0.2, 0.25) is 0 Å². The molecule has 3 heteroatoms. The van der Waals surface area contributed by atoms with E-state index in [0.717, 1.165) is 4.90 Å². The molecule has 0 unspecified atom stereocenters. The van der Waals surface area contributed by atoms with Gasteiger partial charge in [-0.2, -0.15) is 0 Å². The van der Waals surface area contributed by atoms with Gasteiger partial charge in [0.25, 0.3) is 0 Å². The summed E-state index contributed by atoms with van der Waals surface area (Å²) in [5, 5.41) is 9.18. The standard InChI is InChI=1S/C8H8O2S/c1-11-8-4-2-3-7(10)6(8)5-9/h2-5,10H,1H3. The Morgan fingerprint density at radius 1 is 1.55 bits per heavy atom. The molecule has 0 fully saturated rings. The van der Waals surface area contributed by atoms with Crippen molar-refractivity contribution in [3.63, 3.8) is 0 Å². The second-order valence-electron chi connectivity index (χ2n) is 2.01. The first-order valence-electron chi connectivity index (χ1n) is 3.10. The maximum Gasteiger partial charge on any atom is 0.154 e. The van der Waals surface area contributed by atoms with Crippen molar-refractivity contribution in [3.05, 3.63) is 23.8 Å². The van der Waals surface area contributed by atoms with Crippen molar-refractivity contribution in [2.24, 2.45) is 0 Å². The van der Waals surface area contributed by atoms with E-state index in [1.807, 2.05) is 6.26 Å². The zero-order valence-corrected chi connectivity index (χ0v) is 6.89. The summed E-state index contributed by atoms with van der Waals surface area (Å²) in [5.74, 6) is 0.0480. The molecule has 0 spiro atoms. The molecule has 0 radical (unpaired) electrons. The zero-order chi connectivity index (χ0) is 8.27. The molecule has 0 atom stereocenters. The van der Waals surface area contributed by atoms with Gasteiger partial charge in [-0.05, 0) is 18.4 Å². The van der Waals surface area contributed by atoms with E-state index in [2.05, 4.69) is 0 Å². The largest absolute Gasteiger partial charge is 0.507 e. The number of aromatic hydroxyl groups is 1. The van der Waals surface area contributed by atoms with Gasteiger partial charge in [-0.25, -0.2) is 0 Å². The number of thioether (sulfide) groups is 1. The lowest BCUT2D eigenvalue weighted by Gasteiger charge is -2.01. The van der Waals surface area contributed by atoms with Crippen molar-refractivity contribution >= 4 is 18.0 Å². The van der Waals surface area contributed by atoms with Crippen molar-refractivity contribution in [1.29, 1.82) is 0 Å². The molecular formula is C8H8O2S. The first-order valence-corrected chi connectivity index (χ1v) is 4.33. The fourth-order valence-electron chi connectivity index (χ4n) is 0.829. The number of rotatable bonds is 2. The van der Waals surface area contributed by atoms with Crippen LogP contribution in [0.1, 0.15) is 10.4 Å². The summed E-state index contributed by atoms with van der Waals surface area (Å²) in [6.45, 7) is 0. The molecule has 58 valence electrons. The van der Waals surface area contributed by atoms with Gasteiger partial charge < -0.3 is 5.11 Å². The molecule has 0 aromatic heterocycles. The van der Waals surface area contributed by atoms with E-state index in [-0.39, 0.29) is 5.75 Å². The van der Waals surface area contributed by atoms with Gasteiger partial charge in [-0.3, -0.25) is 4.79 Å². The molecule has 0 aliphatic carbocycles. The molecular weight excluding hydrogens is 160 g/mol. The highest BCUT2D eigenvalue weighted by molar-refractivity contribution is 7.98. The number of benzene rings is 1. The molecule has 0 saturated heterocycles. The number of hydrogen-bond acceptors (Lipinski definition) is 3. The summed E-state index contributed by atoms with van der Waals surface area (Å²) >= 11 is 1.44. The Kier molecular flexibility index (Phi) is 2.54. The van der Waals surface area contributed by atoms with Gasteiger partial charge in [-0.15, -0.1) is 11.8 Å². The van der Waals surface area contributed by atoms with Crippen molar-refractivity contribution in [3.8, 4) is 5.75 Å². The number of aldehydes is 1. The highest BCUT2D eigenvalue weighted by Crippen LogP contribution is 2.25. The topological polar surface area (TPSA) is 37.3 Å². The molecule has 0 saturated carbocycles. The molecule has 1 aromatic carbocycles. The summed E-state index contributed by atoms with van der Waals surface area (Å²) in [6.07, 6.45) is 2.53. The van der Waals surface area contributed by atoms with Crippen LogP contribution in [0.5, 0.6) is 5.75 Å². The first-order chi connectivity index (χ1) is 5.29. The molecule has 0 aliphatic rings. The summed E-state index contributed by atoms with van der Waals surface area (Å²) in [5.41, 5.74) is 0.375. The molecule has 11 heavy (non-hydrogen) atoms. The quantitative estimate of drug-likeness (QED) is 0.541. The summed E-state index contributed by atoms with van der Waals surface area (Å²) in [6, 6.07) is 5.02.